The molecule has 136 valence electrons. The second kappa shape index (κ2) is 6.93. The summed E-state index contributed by atoms with van der Waals surface area (Å²) in [6.07, 6.45) is 6.20. The normalized spacial score (nSPS) is 20.1. The number of nitrogens with one attached hydrogen (secondary N) is 1. The molecule has 1 aliphatic heterocycles. The van der Waals surface area contributed by atoms with Crippen molar-refractivity contribution in [1.82, 2.24) is 19.8 Å². The molecule has 1 aliphatic rings. The summed E-state index contributed by atoms with van der Waals surface area (Å²) in [4.78, 5) is 6.94. The third kappa shape index (κ3) is 4.71. The molecule has 0 bridgehead atoms. The summed E-state index contributed by atoms with van der Waals surface area (Å²) in [5.41, 5.74) is 2.94. The number of aryl methyl sites for hydroxylation is 1. The van der Waals surface area contributed by atoms with Crippen LogP contribution >= 0.6 is 0 Å². The van der Waals surface area contributed by atoms with Gasteiger partial charge in [0.2, 0.25) is 0 Å². The molecule has 1 aromatic carbocycles. The summed E-state index contributed by atoms with van der Waals surface area (Å²) in [6.45, 7) is 11.2. The molecule has 0 aliphatic carbocycles. The van der Waals surface area contributed by atoms with Gasteiger partial charge in [0.15, 0.2) is 0 Å². The number of rotatable bonds is 5. The summed E-state index contributed by atoms with van der Waals surface area (Å²) in [7, 11) is 2.08. The SMILES string of the molecule is Cn1cncc1CN(Cc1ccccc1)C1CC(C)(C)NC(C)(C)C1. The largest absolute Gasteiger partial charge is 0.337 e. The Hall–Kier alpha value is -1.65. The van der Waals surface area contributed by atoms with Crippen LogP contribution in [0.5, 0.6) is 0 Å². The summed E-state index contributed by atoms with van der Waals surface area (Å²) in [5.74, 6) is 0. The van der Waals surface area contributed by atoms with E-state index in [-0.39, 0.29) is 11.1 Å². The quantitative estimate of drug-likeness (QED) is 0.900. The number of hydrogen-bond acceptors (Lipinski definition) is 3. The number of piperidine rings is 1. The van der Waals surface area contributed by atoms with Gasteiger partial charge in [-0.3, -0.25) is 4.90 Å². The van der Waals surface area contributed by atoms with Crippen molar-refractivity contribution >= 4 is 0 Å². The molecule has 3 rings (SSSR count). The summed E-state index contributed by atoms with van der Waals surface area (Å²) >= 11 is 0. The Morgan fingerprint density at radius 3 is 2.28 bits per heavy atom. The molecule has 1 saturated heterocycles. The van der Waals surface area contributed by atoms with Crippen LogP contribution in [0.1, 0.15) is 51.8 Å². The first-order valence-corrected chi connectivity index (χ1v) is 9.27. The minimum atomic E-state index is 0.147. The molecule has 0 spiro atoms. The highest BCUT2D eigenvalue weighted by Gasteiger charge is 2.40. The Morgan fingerprint density at radius 1 is 1.08 bits per heavy atom. The second-order valence-electron chi connectivity index (χ2n) is 8.84. The van der Waals surface area contributed by atoms with Crippen molar-refractivity contribution in [3.63, 3.8) is 0 Å². The van der Waals surface area contributed by atoms with E-state index in [0.29, 0.717) is 6.04 Å². The Morgan fingerprint density at radius 2 is 1.72 bits per heavy atom. The van der Waals surface area contributed by atoms with Crippen LogP contribution in [0.25, 0.3) is 0 Å². The predicted octanol–water partition coefficient (Wildman–Crippen LogP) is 3.73. The fraction of sp³-hybridized carbons (Fsp3) is 0.571. The van der Waals surface area contributed by atoms with Crippen molar-refractivity contribution in [3.8, 4) is 0 Å². The molecular weight excluding hydrogens is 308 g/mol. The fourth-order valence-electron chi connectivity index (χ4n) is 4.40. The lowest BCUT2D eigenvalue weighted by molar-refractivity contribution is 0.0551. The summed E-state index contributed by atoms with van der Waals surface area (Å²) < 4.78 is 2.13. The predicted molar refractivity (Wildman–Crippen MR) is 103 cm³/mol. The van der Waals surface area contributed by atoms with Gasteiger partial charge in [-0.25, -0.2) is 4.98 Å². The first-order chi connectivity index (χ1) is 11.7. The van der Waals surface area contributed by atoms with Gasteiger partial charge in [-0.2, -0.15) is 0 Å². The van der Waals surface area contributed by atoms with Crippen LogP contribution in [0.2, 0.25) is 0 Å². The highest BCUT2D eigenvalue weighted by molar-refractivity contribution is 5.15. The zero-order valence-electron chi connectivity index (χ0n) is 16.3. The van der Waals surface area contributed by atoms with E-state index < -0.39 is 0 Å². The van der Waals surface area contributed by atoms with Crippen LogP contribution in [0.4, 0.5) is 0 Å². The standard InChI is InChI=1S/C21H32N4/c1-20(2)11-18(12-21(3,4)23-20)25(14-17-9-7-6-8-10-17)15-19-13-22-16-24(19)5/h6-10,13,16,18,23H,11-12,14-15H2,1-5H3. The third-order valence-electron chi connectivity index (χ3n) is 5.20. The van der Waals surface area contributed by atoms with E-state index in [0.717, 1.165) is 25.9 Å². The lowest BCUT2D eigenvalue weighted by Gasteiger charge is -2.49. The van der Waals surface area contributed by atoms with E-state index in [1.165, 1.54) is 11.3 Å². The molecule has 1 aromatic heterocycles. The Balaban J connectivity index is 1.86. The van der Waals surface area contributed by atoms with Gasteiger partial charge in [0.25, 0.3) is 0 Å². The Labute approximate surface area is 152 Å². The molecule has 25 heavy (non-hydrogen) atoms. The number of aromatic nitrogens is 2. The van der Waals surface area contributed by atoms with Crippen LogP contribution < -0.4 is 5.32 Å². The van der Waals surface area contributed by atoms with Gasteiger partial charge in [0.1, 0.15) is 0 Å². The minimum Gasteiger partial charge on any atom is -0.337 e. The number of imidazole rings is 1. The highest BCUT2D eigenvalue weighted by atomic mass is 15.2. The molecule has 4 heteroatoms. The van der Waals surface area contributed by atoms with E-state index in [4.69, 9.17) is 0 Å². The fourth-order valence-corrected chi connectivity index (χ4v) is 4.40. The van der Waals surface area contributed by atoms with E-state index in [1.807, 2.05) is 12.5 Å². The lowest BCUT2D eigenvalue weighted by Crippen LogP contribution is -2.62. The van der Waals surface area contributed by atoms with Crippen molar-refractivity contribution in [2.75, 3.05) is 0 Å². The van der Waals surface area contributed by atoms with Crippen LogP contribution in [0.15, 0.2) is 42.9 Å². The zero-order valence-corrected chi connectivity index (χ0v) is 16.3. The molecule has 0 saturated carbocycles. The monoisotopic (exact) mass is 340 g/mol. The maximum Gasteiger partial charge on any atom is 0.0945 e. The molecule has 4 nitrogen and oxygen atoms in total. The molecule has 0 unspecified atom stereocenters. The summed E-state index contributed by atoms with van der Waals surface area (Å²) in [6, 6.07) is 11.4. The van der Waals surface area contributed by atoms with E-state index >= 15 is 0 Å². The Kier molecular flexibility index (Phi) is 5.03. The number of hydrogen-bond donors (Lipinski definition) is 1. The summed E-state index contributed by atoms with van der Waals surface area (Å²) in [5, 5.41) is 3.81. The molecule has 0 radical (unpaired) electrons. The first kappa shape index (κ1) is 18.2. The smallest absolute Gasteiger partial charge is 0.0945 e. The van der Waals surface area contributed by atoms with Gasteiger partial charge in [-0.05, 0) is 46.1 Å². The van der Waals surface area contributed by atoms with E-state index in [1.54, 1.807) is 0 Å². The lowest BCUT2D eigenvalue weighted by atomic mass is 9.79. The van der Waals surface area contributed by atoms with Crippen LogP contribution in [-0.4, -0.2) is 31.6 Å². The second-order valence-corrected chi connectivity index (χ2v) is 8.84. The molecule has 2 heterocycles. The first-order valence-electron chi connectivity index (χ1n) is 9.27. The van der Waals surface area contributed by atoms with Gasteiger partial charge >= 0.3 is 0 Å². The highest BCUT2D eigenvalue weighted by Crippen LogP contribution is 2.33. The average molecular weight is 341 g/mol. The topological polar surface area (TPSA) is 33.1 Å². The van der Waals surface area contributed by atoms with Crippen molar-refractivity contribution < 1.29 is 0 Å². The van der Waals surface area contributed by atoms with Crippen molar-refractivity contribution in [1.29, 1.82) is 0 Å². The van der Waals surface area contributed by atoms with Gasteiger partial charge in [-0.1, -0.05) is 30.3 Å². The van der Waals surface area contributed by atoms with Gasteiger partial charge in [0.05, 0.1) is 12.0 Å². The van der Waals surface area contributed by atoms with Gasteiger partial charge < -0.3 is 9.88 Å². The Bertz CT molecular complexity index is 671. The molecular formula is C21H32N4. The van der Waals surface area contributed by atoms with E-state index in [2.05, 4.69) is 84.8 Å². The van der Waals surface area contributed by atoms with Crippen molar-refractivity contribution in [2.45, 2.75) is 70.7 Å². The van der Waals surface area contributed by atoms with Gasteiger partial charge in [0, 0.05) is 43.5 Å². The molecule has 1 fully saturated rings. The maximum absolute atomic E-state index is 4.31. The molecule has 0 amide bonds. The van der Waals surface area contributed by atoms with Crippen LogP contribution in [0.3, 0.4) is 0 Å². The number of nitrogens with zero attached hydrogens (tertiary/aromatic N) is 3. The van der Waals surface area contributed by atoms with E-state index in [9.17, 15) is 0 Å². The zero-order chi connectivity index (χ0) is 18.1. The van der Waals surface area contributed by atoms with Crippen LogP contribution in [-0.2, 0) is 20.1 Å². The van der Waals surface area contributed by atoms with Crippen molar-refractivity contribution in [3.05, 3.63) is 54.1 Å². The number of benzene rings is 1. The molecule has 2 aromatic rings. The molecule has 1 N–H and O–H groups in total. The van der Waals surface area contributed by atoms with Crippen LogP contribution in [0, 0.1) is 0 Å². The van der Waals surface area contributed by atoms with Gasteiger partial charge in [-0.15, -0.1) is 0 Å². The molecule has 0 atom stereocenters. The van der Waals surface area contributed by atoms with Crippen molar-refractivity contribution in [2.24, 2.45) is 7.05 Å². The minimum absolute atomic E-state index is 0.147. The third-order valence-corrected chi connectivity index (χ3v) is 5.20. The average Bonchev–Trinajstić information content (AvgIpc) is 2.90. The maximum atomic E-state index is 4.31.